The van der Waals surface area contributed by atoms with Crippen LogP contribution in [0.25, 0.3) is 0 Å². The molecule has 5 nitrogen and oxygen atoms in total. The molecule has 1 atom stereocenters. The number of amides is 2. The lowest BCUT2D eigenvalue weighted by molar-refractivity contribution is -0.134. The number of likely N-dealkylation sites (tertiary alicyclic amines) is 1. The highest BCUT2D eigenvalue weighted by Gasteiger charge is 2.34. The maximum Gasteiger partial charge on any atom is 0.227 e. The lowest BCUT2D eigenvalue weighted by Crippen LogP contribution is -2.44. The summed E-state index contributed by atoms with van der Waals surface area (Å²) in [4.78, 5) is 26.7. The fourth-order valence-electron chi connectivity index (χ4n) is 3.96. The Morgan fingerprint density at radius 3 is 2.72 bits per heavy atom. The molecule has 3 rings (SSSR count). The smallest absolute Gasteiger partial charge is 0.227 e. The minimum Gasteiger partial charge on any atom is -0.396 e. The number of para-hydroxylation sites is 1. The van der Waals surface area contributed by atoms with Crippen molar-refractivity contribution in [2.24, 2.45) is 11.3 Å². The average Bonchev–Trinajstić information content (AvgIpc) is 2.66. The van der Waals surface area contributed by atoms with Gasteiger partial charge in [-0.15, -0.1) is 0 Å². The number of anilines is 1. The molecule has 2 aliphatic rings. The third-order valence-corrected chi connectivity index (χ3v) is 6.08. The van der Waals surface area contributed by atoms with Crippen LogP contribution in [0.15, 0.2) is 24.3 Å². The second-order valence-corrected chi connectivity index (χ2v) is 7.48. The van der Waals surface area contributed by atoms with Gasteiger partial charge in [-0.3, -0.25) is 9.59 Å². The summed E-state index contributed by atoms with van der Waals surface area (Å²) in [6.07, 6.45) is 4.39. The molecule has 0 spiro atoms. The Labute approximate surface area is 149 Å². The standard InChI is InChI=1S/C20H28N2O3/c1-2-20(14-23)9-11-22(12-10-20)18(24)8-7-16-13-15-5-3-4-6-17(15)21-19(16)25/h3-6,16,23H,2,7-14H2,1H3,(H,21,25). The quantitative estimate of drug-likeness (QED) is 0.862. The third-order valence-electron chi connectivity index (χ3n) is 6.08. The zero-order valence-corrected chi connectivity index (χ0v) is 15.0. The van der Waals surface area contributed by atoms with Crippen LogP contribution in [-0.4, -0.2) is 41.5 Å². The van der Waals surface area contributed by atoms with Crippen molar-refractivity contribution in [3.63, 3.8) is 0 Å². The normalized spacial score (nSPS) is 22.2. The van der Waals surface area contributed by atoms with Gasteiger partial charge in [0.15, 0.2) is 0 Å². The van der Waals surface area contributed by atoms with Gasteiger partial charge in [0, 0.05) is 37.7 Å². The molecule has 25 heavy (non-hydrogen) atoms. The van der Waals surface area contributed by atoms with Gasteiger partial charge in [0.25, 0.3) is 0 Å². The molecule has 1 unspecified atom stereocenters. The van der Waals surface area contributed by atoms with Crippen LogP contribution in [0.2, 0.25) is 0 Å². The number of aliphatic hydroxyl groups excluding tert-OH is 1. The molecule has 0 saturated carbocycles. The molecule has 0 aliphatic carbocycles. The van der Waals surface area contributed by atoms with E-state index >= 15 is 0 Å². The highest BCUT2D eigenvalue weighted by Crippen LogP contribution is 2.34. The number of carbonyl (C=O) groups is 2. The Hall–Kier alpha value is -1.88. The molecule has 0 aromatic heterocycles. The van der Waals surface area contributed by atoms with Gasteiger partial charge >= 0.3 is 0 Å². The monoisotopic (exact) mass is 344 g/mol. The first-order valence-corrected chi connectivity index (χ1v) is 9.34. The average molecular weight is 344 g/mol. The molecule has 0 bridgehead atoms. The van der Waals surface area contributed by atoms with E-state index in [0.717, 1.165) is 30.5 Å². The molecule has 2 amide bonds. The minimum atomic E-state index is -0.129. The van der Waals surface area contributed by atoms with Crippen molar-refractivity contribution < 1.29 is 14.7 Å². The van der Waals surface area contributed by atoms with E-state index in [0.29, 0.717) is 32.4 Å². The van der Waals surface area contributed by atoms with Gasteiger partial charge in [-0.1, -0.05) is 25.1 Å². The van der Waals surface area contributed by atoms with E-state index < -0.39 is 0 Å². The van der Waals surface area contributed by atoms with Crippen molar-refractivity contribution in [2.75, 3.05) is 25.0 Å². The lowest BCUT2D eigenvalue weighted by Gasteiger charge is -2.40. The number of piperidine rings is 1. The number of nitrogens with one attached hydrogen (secondary N) is 1. The highest BCUT2D eigenvalue weighted by atomic mass is 16.3. The second kappa shape index (κ2) is 7.56. The van der Waals surface area contributed by atoms with Crippen LogP contribution in [-0.2, 0) is 16.0 Å². The fraction of sp³-hybridized carbons (Fsp3) is 0.600. The summed E-state index contributed by atoms with van der Waals surface area (Å²) in [7, 11) is 0. The topological polar surface area (TPSA) is 69.6 Å². The van der Waals surface area contributed by atoms with Gasteiger partial charge < -0.3 is 15.3 Å². The summed E-state index contributed by atoms with van der Waals surface area (Å²) < 4.78 is 0. The summed E-state index contributed by atoms with van der Waals surface area (Å²) in [5.41, 5.74) is 2.03. The van der Waals surface area contributed by atoms with E-state index in [1.165, 1.54) is 0 Å². The van der Waals surface area contributed by atoms with Crippen molar-refractivity contribution in [3.8, 4) is 0 Å². The van der Waals surface area contributed by atoms with Crippen LogP contribution < -0.4 is 5.32 Å². The van der Waals surface area contributed by atoms with Crippen LogP contribution in [0.5, 0.6) is 0 Å². The van der Waals surface area contributed by atoms with Crippen molar-refractivity contribution in [3.05, 3.63) is 29.8 Å². The summed E-state index contributed by atoms with van der Waals surface area (Å²) in [5, 5.41) is 12.5. The van der Waals surface area contributed by atoms with Crippen molar-refractivity contribution in [1.82, 2.24) is 4.90 Å². The van der Waals surface area contributed by atoms with E-state index in [9.17, 15) is 14.7 Å². The van der Waals surface area contributed by atoms with E-state index in [-0.39, 0.29) is 29.8 Å². The molecule has 2 aliphatic heterocycles. The number of hydrogen-bond donors (Lipinski definition) is 2. The fourth-order valence-corrected chi connectivity index (χ4v) is 3.96. The number of hydrogen-bond acceptors (Lipinski definition) is 3. The second-order valence-electron chi connectivity index (χ2n) is 7.48. The third kappa shape index (κ3) is 3.87. The Balaban J connectivity index is 1.51. The molecule has 0 radical (unpaired) electrons. The van der Waals surface area contributed by atoms with Gasteiger partial charge in [-0.05, 0) is 49.1 Å². The van der Waals surface area contributed by atoms with Crippen LogP contribution >= 0.6 is 0 Å². The molecular formula is C20H28N2O3. The Morgan fingerprint density at radius 1 is 1.32 bits per heavy atom. The molecule has 2 N–H and O–H groups in total. The number of aliphatic hydroxyl groups is 1. The van der Waals surface area contributed by atoms with Crippen molar-refractivity contribution in [1.29, 1.82) is 0 Å². The Bertz CT molecular complexity index is 630. The van der Waals surface area contributed by atoms with Crippen molar-refractivity contribution in [2.45, 2.75) is 45.4 Å². The largest absolute Gasteiger partial charge is 0.396 e. The maximum atomic E-state index is 12.5. The summed E-state index contributed by atoms with van der Waals surface area (Å²) in [6, 6.07) is 7.85. The predicted molar refractivity (Wildman–Crippen MR) is 97.1 cm³/mol. The molecule has 5 heteroatoms. The Kier molecular flexibility index (Phi) is 5.42. The van der Waals surface area contributed by atoms with Crippen LogP contribution in [0, 0.1) is 11.3 Å². The number of benzene rings is 1. The highest BCUT2D eigenvalue weighted by molar-refractivity contribution is 5.96. The number of rotatable bonds is 5. The first-order chi connectivity index (χ1) is 12.1. The van der Waals surface area contributed by atoms with Gasteiger partial charge in [0.05, 0.1) is 0 Å². The number of carbonyl (C=O) groups excluding carboxylic acids is 2. The van der Waals surface area contributed by atoms with Crippen LogP contribution in [0.1, 0.15) is 44.6 Å². The van der Waals surface area contributed by atoms with E-state index in [1.54, 1.807) is 0 Å². The molecule has 1 aromatic rings. The summed E-state index contributed by atoms with van der Waals surface area (Å²) in [6.45, 7) is 3.74. The number of fused-ring (bicyclic) bond motifs is 1. The summed E-state index contributed by atoms with van der Waals surface area (Å²) in [5.74, 6) is 0.0283. The van der Waals surface area contributed by atoms with E-state index in [1.807, 2.05) is 29.2 Å². The zero-order chi connectivity index (χ0) is 17.9. The van der Waals surface area contributed by atoms with E-state index in [4.69, 9.17) is 0 Å². The zero-order valence-electron chi connectivity index (χ0n) is 15.0. The first kappa shape index (κ1) is 17.9. The molecule has 1 aromatic carbocycles. The summed E-state index contributed by atoms with van der Waals surface area (Å²) >= 11 is 0. The van der Waals surface area contributed by atoms with Crippen molar-refractivity contribution >= 4 is 17.5 Å². The SMILES string of the molecule is CCC1(CO)CCN(C(=O)CCC2Cc3ccccc3NC2=O)CC1. The molecular weight excluding hydrogens is 316 g/mol. The molecule has 136 valence electrons. The van der Waals surface area contributed by atoms with Gasteiger partial charge in [0.2, 0.25) is 11.8 Å². The van der Waals surface area contributed by atoms with Crippen LogP contribution in [0.4, 0.5) is 5.69 Å². The lowest BCUT2D eigenvalue weighted by atomic mass is 9.77. The maximum absolute atomic E-state index is 12.5. The number of nitrogens with zero attached hydrogens (tertiary/aromatic N) is 1. The van der Waals surface area contributed by atoms with Crippen LogP contribution in [0.3, 0.4) is 0 Å². The van der Waals surface area contributed by atoms with Gasteiger partial charge in [-0.2, -0.15) is 0 Å². The Morgan fingerprint density at radius 2 is 2.04 bits per heavy atom. The van der Waals surface area contributed by atoms with Gasteiger partial charge in [-0.25, -0.2) is 0 Å². The van der Waals surface area contributed by atoms with Gasteiger partial charge in [0.1, 0.15) is 0 Å². The molecule has 1 saturated heterocycles. The minimum absolute atomic E-state index is 0.0102. The van der Waals surface area contributed by atoms with E-state index in [2.05, 4.69) is 12.2 Å². The molecule has 1 fully saturated rings. The first-order valence-electron chi connectivity index (χ1n) is 9.34. The predicted octanol–water partition coefficient (Wildman–Crippen LogP) is 2.59. The molecule has 2 heterocycles.